The Kier molecular flexibility index (Phi) is 5.55. The van der Waals surface area contributed by atoms with Crippen molar-refractivity contribution in [3.8, 4) is 5.75 Å². The zero-order valence-electron chi connectivity index (χ0n) is 20.6. The predicted octanol–water partition coefficient (Wildman–Crippen LogP) is 4.74. The van der Waals surface area contributed by atoms with E-state index in [2.05, 4.69) is 62.9 Å². The van der Waals surface area contributed by atoms with Crippen LogP contribution < -0.4 is 0 Å². The molecule has 2 aliphatic carbocycles. The minimum absolute atomic E-state index is 0.102. The highest BCUT2D eigenvalue weighted by Gasteiger charge is 2.63. The number of hydrogen-bond acceptors (Lipinski definition) is 3. The van der Waals surface area contributed by atoms with E-state index in [0.29, 0.717) is 29.5 Å². The van der Waals surface area contributed by atoms with E-state index in [9.17, 15) is 9.90 Å². The SMILES string of the molecule is CCN(CC)C(=O)[C@@]1(c2ccccc2)C[C@H]1CN1CC[C@@]2(C)c3cc(O)ccc3CC1[C@@H]2C. The van der Waals surface area contributed by atoms with E-state index in [-0.39, 0.29) is 10.8 Å². The number of amides is 1. The number of phenols is 1. The highest BCUT2D eigenvalue weighted by molar-refractivity contribution is 5.92. The number of fused-ring (bicyclic) bond motifs is 4. The summed E-state index contributed by atoms with van der Waals surface area (Å²) in [6.45, 7) is 12.5. The molecule has 2 aromatic rings. The fourth-order valence-electron chi connectivity index (χ4n) is 7.02. The molecule has 1 saturated heterocycles. The van der Waals surface area contributed by atoms with Gasteiger partial charge < -0.3 is 10.0 Å². The number of aromatic hydroxyl groups is 1. The summed E-state index contributed by atoms with van der Waals surface area (Å²) in [4.78, 5) is 18.5. The molecule has 5 rings (SSSR count). The summed E-state index contributed by atoms with van der Waals surface area (Å²) in [5, 5.41) is 10.1. The summed E-state index contributed by atoms with van der Waals surface area (Å²) < 4.78 is 0. The molecule has 176 valence electrons. The van der Waals surface area contributed by atoms with Gasteiger partial charge >= 0.3 is 0 Å². The van der Waals surface area contributed by atoms with E-state index in [4.69, 9.17) is 0 Å². The number of carbonyl (C=O) groups is 1. The van der Waals surface area contributed by atoms with E-state index in [0.717, 1.165) is 45.4 Å². The molecule has 1 heterocycles. The van der Waals surface area contributed by atoms with E-state index >= 15 is 0 Å². The maximum atomic E-state index is 13.8. The Morgan fingerprint density at radius 2 is 1.88 bits per heavy atom. The van der Waals surface area contributed by atoms with Crippen LogP contribution in [-0.4, -0.2) is 53.0 Å². The molecule has 1 unspecified atom stereocenters. The molecule has 2 aromatic carbocycles. The van der Waals surface area contributed by atoms with E-state index in [1.54, 1.807) is 0 Å². The topological polar surface area (TPSA) is 43.8 Å². The lowest BCUT2D eigenvalue weighted by molar-refractivity contribution is -0.134. The van der Waals surface area contributed by atoms with Crippen molar-refractivity contribution in [1.82, 2.24) is 9.80 Å². The second-order valence-electron chi connectivity index (χ2n) is 10.8. The maximum absolute atomic E-state index is 13.8. The standard InChI is InChI=1S/C29H38N2O2/c1-5-30(6-2)27(33)29(22-10-8-7-9-11-22)18-23(29)19-31-15-14-28(4)20(3)26(31)16-21-12-13-24(32)17-25(21)28/h7-13,17,20,23,26,32H,5-6,14-16,18-19H2,1-4H3/t20-,23-,26?,28+,29+/m0/s1. The molecular weight excluding hydrogens is 408 g/mol. The van der Waals surface area contributed by atoms with Gasteiger partial charge in [-0.25, -0.2) is 0 Å². The van der Waals surface area contributed by atoms with Gasteiger partial charge in [-0.2, -0.15) is 0 Å². The van der Waals surface area contributed by atoms with Crippen molar-refractivity contribution in [3.05, 3.63) is 65.2 Å². The van der Waals surface area contributed by atoms with Gasteiger partial charge in [0.05, 0.1) is 5.41 Å². The lowest BCUT2D eigenvalue weighted by Gasteiger charge is -2.55. The number of phenolic OH excluding ortho intramolecular Hbond substituents is 1. The van der Waals surface area contributed by atoms with Gasteiger partial charge in [-0.05, 0) is 85.7 Å². The van der Waals surface area contributed by atoms with Gasteiger partial charge in [0, 0.05) is 25.7 Å². The Morgan fingerprint density at radius 1 is 1.15 bits per heavy atom. The molecule has 0 radical (unpaired) electrons. The number of hydrogen-bond donors (Lipinski definition) is 1. The van der Waals surface area contributed by atoms with Crippen molar-refractivity contribution in [1.29, 1.82) is 0 Å². The first-order chi connectivity index (χ1) is 15.8. The van der Waals surface area contributed by atoms with Crippen molar-refractivity contribution in [2.75, 3.05) is 26.2 Å². The summed E-state index contributed by atoms with van der Waals surface area (Å²) in [5.41, 5.74) is 3.65. The number of benzene rings is 2. The molecule has 0 aromatic heterocycles. The first kappa shape index (κ1) is 22.5. The van der Waals surface area contributed by atoms with Crippen LogP contribution in [0.5, 0.6) is 5.75 Å². The second-order valence-corrected chi connectivity index (χ2v) is 10.8. The molecule has 2 bridgehead atoms. The maximum Gasteiger partial charge on any atom is 0.233 e. The van der Waals surface area contributed by atoms with Crippen LogP contribution >= 0.6 is 0 Å². The third-order valence-corrected chi connectivity index (χ3v) is 9.39. The van der Waals surface area contributed by atoms with Crippen LogP contribution in [0.25, 0.3) is 0 Å². The number of rotatable bonds is 6. The molecule has 1 saturated carbocycles. The summed E-state index contributed by atoms with van der Waals surface area (Å²) >= 11 is 0. The normalized spacial score (nSPS) is 32.8. The molecule has 4 heteroatoms. The van der Waals surface area contributed by atoms with Gasteiger partial charge in [0.25, 0.3) is 0 Å². The molecule has 5 atom stereocenters. The summed E-state index contributed by atoms with van der Waals surface area (Å²) in [5.74, 6) is 1.57. The molecule has 33 heavy (non-hydrogen) atoms. The van der Waals surface area contributed by atoms with Crippen LogP contribution in [0, 0.1) is 11.8 Å². The Labute approximate surface area is 198 Å². The van der Waals surface area contributed by atoms with Gasteiger partial charge in [0.1, 0.15) is 5.75 Å². The van der Waals surface area contributed by atoms with Gasteiger partial charge in [-0.3, -0.25) is 9.69 Å². The molecule has 2 fully saturated rings. The number of likely N-dealkylation sites (N-methyl/N-ethyl adjacent to an activating group) is 1. The van der Waals surface area contributed by atoms with Crippen LogP contribution in [0.1, 0.15) is 57.2 Å². The van der Waals surface area contributed by atoms with Gasteiger partial charge in [-0.1, -0.05) is 50.2 Å². The average molecular weight is 447 g/mol. The van der Waals surface area contributed by atoms with Crippen LogP contribution in [-0.2, 0) is 22.0 Å². The first-order valence-corrected chi connectivity index (χ1v) is 12.8. The van der Waals surface area contributed by atoms with Crippen LogP contribution in [0.3, 0.4) is 0 Å². The number of piperidine rings is 1. The lowest BCUT2D eigenvalue weighted by atomic mass is 9.59. The monoisotopic (exact) mass is 446 g/mol. The molecule has 1 N–H and O–H groups in total. The summed E-state index contributed by atoms with van der Waals surface area (Å²) in [6, 6.07) is 16.9. The summed E-state index contributed by atoms with van der Waals surface area (Å²) in [7, 11) is 0. The van der Waals surface area contributed by atoms with Crippen molar-refractivity contribution in [2.24, 2.45) is 11.8 Å². The Bertz CT molecular complexity index is 1030. The zero-order valence-corrected chi connectivity index (χ0v) is 20.6. The number of nitrogens with zero attached hydrogens (tertiary/aromatic N) is 2. The molecule has 1 aliphatic heterocycles. The Balaban J connectivity index is 1.42. The van der Waals surface area contributed by atoms with Crippen molar-refractivity contribution < 1.29 is 9.90 Å². The number of likely N-dealkylation sites (tertiary alicyclic amines) is 1. The predicted molar refractivity (Wildman–Crippen MR) is 132 cm³/mol. The largest absolute Gasteiger partial charge is 0.508 e. The van der Waals surface area contributed by atoms with E-state index in [1.807, 2.05) is 23.1 Å². The molecule has 1 amide bonds. The second kappa shape index (κ2) is 8.16. The van der Waals surface area contributed by atoms with E-state index < -0.39 is 0 Å². The van der Waals surface area contributed by atoms with Gasteiger partial charge in [-0.15, -0.1) is 0 Å². The third-order valence-electron chi connectivity index (χ3n) is 9.39. The molecule has 3 aliphatic rings. The Hall–Kier alpha value is -2.33. The zero-order chi connectivity index (χ0) is 23.4. The molecular formula is C29H38N2O2. The summed E-state index contributed by atoms with van der Waals surface area (Å²) in [6.07, 6.45) is 3.07. The lowest BCUT2D eigenvalue weighted by Crippen LogP contribution is -2.58. The van der Waals surface area contributed by atoms with Crippen LogP contribution in [0.2, 0.25) is 0 Å². The quantitative estimate of drug-likeness (QED) is 0.697. The smallest absolute Gasteiger partial charge is 0.233 e. The number of carbonyl (C=O) groups excluding carboxylic acids is 1. The minimum atomic E-state index is -0.365. The first-order valence-electron chi connectivity index (χ1n) is 12.8. The average Bonchev–Trinajstić information content (AvgIpc) is 3.55. The van der Waals surface area contributed by atoms with Gasteiger partial charge in [0.15, 0.2) is 0 Å². The highest BCUT2D eigenvalue weighted by atomic mass is 16.3. The molecule has 0 spiro atoms. The van der Waals surface area contributed by atoms with Crippen LogP contribution in [0.4, 0.5) is 0 Å². The fourth-order valence-corrected chi connectivity index (χ4v) is 7.02. The fraction of sp³-hybridized carbons (Fsp3) is 0.552. The van der Waals surface area contributed by atoms with Crippen molar-refractivity contribution in [3.63, 3.8) is 0 Å². The minimum Gasteiger partial charge on any atom is -0.508 e. The van der Waals surface area contributed by atoms with Crippen LogP contribution in [0.15, 0.2) is 48.5 Å². The Morgan fingerprint density at radius 3 is 2.58 bits per heavy atom. The highest BCUT2D eigenvalue weighted by Crippen LogP contribution is 2.57. The van der Waals surface area contributed by atoms with Gasteiger partial charge in [0.2, 0.25) is 5.91 Å². The third kappa shape index (κ3) is 3.41. The van der Waals surface area contributed by atoms with E-state index in [1.165, 1.54) is 16.7 Å². The van der Waals surface area contributed by atoms with Crippen molar-refractivity contribution >= 4 is 5.91 Å². The van der Waals surface area contributed by atoms with Crippen molar-refractivity contribution in [2.45, 2.75) is 63.8 Å². The molecule has 4 nitrogen and oxygen atoms in total.